The fourth-order valence-corrected chi connectivity index (χ4v) is 11.4. The van der Waals surface area contributed by atoms with Crippen LogP contribution in [0.3, 0.4) is 0 Å². The zero-order valence-electron chi connectivity index (χ0n) is 12.9. The quantitative estimate of drug-likeness (QED) is 0.708. The first-order chi connectivity index (χ1) is 7.77. The summed E-state index contributed by atoms with van der Waals surface area (Å²) in [5, 5.41) is 0. The van der Waals surface area contributed by atoms with Gasteiger partial charge in [0, 0.05) is 0 Å². The van der Waals surface area contributed by atoms with Crippen LogP contribution in [-0.2, 0) is 0 Å². The minimum atomic E-state index is -1.73. The van der Waals surface area contributed by atoms with Crippen LogP contribution in [0.25, 0.3) is 0 Å². The second-order valence-corrected chi connectivity index (χ2v) is 12.6. The Labute approximate surface area is 116 Å². The molecule has 1 heterocycles. The fraction of sp³-hybridized carbons (Fsp3) is 1.00. The number of nitrogens with zero attached hydrogens (tertiary/aromatic N) is 3. The zero-order chi connectivity index (χ0) is 13.3. The van der Waals surface area contributed by atoms with Crippen LogP contribution >= 0.6 is 0 Å². The standard InChI is InChI=1S/C7H16N2.C6H14N.Sn/c1-6(2)8-5-9-7(3)4;1-5(2)7-6(3)4;/h6-7H,5H2,1-4H3;5-6H,1-4H3;/q-2;-1;+3. The van der Waals surface area contributed by atoms with E-state index >= 15 is 0 Å². The van der Waals surface area contributed by atoms with Crippen LogP contribution in [0.4, 0.5) is 0 Å². The molecular formula is C13H30N3Sn. The summed E-state index contributed by atoms with van der Waals surface area (Å²) in [6.07, 6.45) is 0. The third kappa shape index (κ3) is 3.37. The Kier molecular flexibility index (Phi) is 5.76. The van der Waals surface area contributed by atoms with Gasteiger partial charge < -0.3 is 0 Å². The van der Waals surface area contributed by atoms with Gasteiger partial charge in [-0.05, 0) is 0 Å². The van der Waals surface area contributed by atoms with Crippen molar-refractivity contribution in [3.63, 3.8) is 0 Å². The first kappa shape index (κ1) is 15.7. The zero-order valence-corrected chi connectivity index (χ0v) is 15.7. The summed E-state index contributed by atoms with van der Waals surface area (Å²) in [7, 11) is 0. The van der Waals surface area contributed by atoms with E-state index in [4.69, 9.17) is 0 Å². The molecule has 1 aliphatic heterocycles. The maximum atomic E-state index is 2.81. The molecule has 0 N–H and O–H groups in total. The Balaban J connectivity index is 2.86. The summed E-state index contributed by atoms with van der Waals surface area (Å²) < 4.78 is 8.37. The third-order valence-corrected chi connectivity index (χ3v) is 14.4. The second-order valence-electron chi connectivity index (χ2n) is 6.16. The van der Waals surface area contributed by atoms with Crippen LogP contribution in [0.1, 0.15) is 55.4 Å². The van der Waals surface area contributed by atoms with Gasteiger partial charge in [0.1, 0.15) is 0 Å². The summed E-state index contributed by atoms with van der Waals surface area (Å²) in [6.45, 7) is 20.0. The van der Waals surface area contributed by atoms with E-state index in [1.54, 1.807) is 0 Å². The van der Waals surface area contributed by atoms with Crippen molar-refractivity contribution in [2.75, 3.05) is 6.67 Å². The molecular weight excluding hydrogens is 317 g/mol. The first-order valence-corrected chi connectivity index (χ1v) is 10.8. The van der Waals surface area contributed by atoms with Gasteiger partial charge in [0.15, 0.2) is 0 Å². The predicted molar refractivity (Wildman–Crippen MR) is 76.7 cm³/mol. The van der Waals surface area contributed by atoms with E-state index in [2.05, 4.69) is 64.8 Å². The molecule has 4 heteroatoms. The van der Waals surface area contributed by atoms with E-state index in [0.29, 0.717) is 24.2 Å². The molecule has 1 aliphatic rings. The number of hydrogen-bond donors (Lipinski definition) is 0. The monoisotopic (exact) mass is 348 g/mol. The van der Waals surface area contributed by atoms with E-state index in [9.17, 15) is 0 Å². The summed E-state index contributed by atoms with van der Waals surface area (Å²) in [5.74, 6) is 0. The Morgan fingerprint density at radius 3 is 1.35 bits per heavy atom. The van der Waals surface area contributed by atoms with Gasteiger partial charge in [-0.25, -0.2) is 0 Å². The second kappa shape index (κ2) is 6.22. The molecule has 101 valence electrons. The van der Waals surface area contributed by atoms with Crippen molar-refractivity contribution in [3.05, 3.63) is 0 Å². The van der Waals surface area contributed by atoms with E-state index in [1.807, 2.05) is 0 Å². The molecule has 1 saturated heterocycles. The van der Waals surface area contributed by atoms with Crippen molar-refractivity contribution >= 4 is 20.6 Å². The van der Waals surface area contributed by atoms with Gasteiger partial charge in [0.05, 0.1) is 0 Å². The molecule has 0 amide bonds. The summed E-state index contributed by atoms with van der Waals surface area (Å²) in [6, 6.07) is 2.76. The predicted octanol–water partition coefficient (Wildman–Crippen LogP) is 2.48. The van der Waals surface area contributed by atoms with Crippen molar-refractivity contribution in [2.45, 2.75) is 79.6 Å². The Hall–Kier alpha value is 0.679. The van der Waals surface area contributed by atoms with E-state index in [1.165, 1.54) is 6.67 Å². The average molecular weight is 347 g/mol. The molecule has 0 spiro atoms. The molecule has 0 bridgehead atoms. The van der Waals surface area contributed by atoms with Crippen LogP contribution in [0, 0.1) is 0 Å². The topological polar surface area (TPSA) is 9.72 Å². The SMILES string of the molecule is CC(C)[N]1C[N](C(C)C)[Sn]1[N](C(C)C)C(C)C. The molecule has 1 fully saturated rings. The van der Waals surface area contributed by atoms with Crippen molar-refractivity contribution in [1.82, 2.24) is 9.36 Å². The molecule has 1 rings (SSSR count). The van der Waals surface area contributed by atoms with E-state index in [0.717, 1.165) is 0 Å². The van der Waals surface area contributed by atoms with Crippen molar-refractivity contribution < 1.29 is 0 Å². The van der Waals surface area contributed by atoms with Gasteiger partial charge in [0.25, 0.3) is 0 Å². The van der Waals surface area contributed by atoms with Crippen LogP contribution in [0.5, 0.6) is 0 Å². The number of rotatable bonds is 5. The van der Waals surface area contributed by atoms with Gasteiger partial charge >= 0.3 is 116 Å². The van der Waals surface area contributed by atoms with Crippen molar-refractivity contribution in [1.29, 1.82) is 0 Å². The molecule has 0 atom stereocenters. The summed E-state index contributed by atoms with van der Waals surface area (Å²) in [4.78, 5) is 0. The maximum absolute atomic E-state index is 2.81. The Morgan fingerprint density at radius 1 is 0.765 bits per heavy atom. The van der Waals surface area contributed by atoms with Gasteiger partial charge in [0.2, 0.25) is 0 Å². The molecule has 17 heavy (non-hydrogen) atoms. The fourth-order valence-electron chi connectivity index (χ4n) is 2.52. The van der Waals surface area contributed by atoms with Crippen molar-refractivity contribution in [3.8, 4) is 0 Å². The van der Waals surface area contributed by atoms with Crippen LogP contribution in [-0.4, -0.2) is 60.8 Å². The number of hydrogen-bond acceptors (Lipinski definition) is 3. The normalized spacial score (nSPS) is 20.3. The Morgan fingerprint density at radius 2 is 1.12 bits per heavy atom. The van der Waals surface area contributed by atoms with Crippen LogP contribution in [0.15, 0.2) is 0 Å². The molecule has 0 aromatic carbocycles. The van der Waals surface area contributed by atoms with Gasteiger partial charge in [-0.1, -0.05) is 0 Å². The Bertz CT molecular complexity index is 219. The summed E-state index contributed by atoms with van der Waals surface area (Å²) in [5.41, 5.74) is 0. The first-order valence-electron chi connectivity index (χ1n) is 6.95. The third-order valence-electron chi connectivity index (χ3n) is 3.41. The minimum absolute atomic E-state index is 0.673. The van der Waals surface area contributed by atoms with Crippen molar-refractivity contribution in [2.24, 2.45) is 0 Å². The van der Waals surface area contributed by atoms with Gasteiger partial charge in [-0.2, -0.15) is 0 Å². The summed E-state index contributed by atoms with van der Waals surface area (Å²) >= 11 is -1.73. The molecule has 0 unspecified atom stereocenters. The molecule has 3 nitrogen and oxygen atoms in total. The van der Waals surface area contributed by atoms with Gasteiger partial charge in [-0.3, -0.25) is 0 Å². The van der Waals surface area contributed by atoms with E-state index < -0.39 is 20.6 Å². The van der Waals surface area contributed by atoms with Gasteiger partial charge in [-0.15, -0.1) is 0 Å². The molecule has 0 aromatic heterocycles. The van der Waals surface area contributed by atoms with E-state index in [-0.39, 0.29) is 0 Å². The van der Waals surface area contributed by atoms with Crippen LogP contribution < -0.4 is 0 Å². The molecule has 0 aromatic rings. The molecule has 0 saturated carbocycles. The van der Waals surface area contributed by atoms with Crippen LogP contribution in [0.2, 0.25) is 0 Å². The molecule has 0 aliphatic carbocycles. The average Bonchev–Trinajstić information content (AvgIpc) is 2.09. The molecule has 1 radical (unpaired) electrons.